The first-order valence-corrected chi connectivity index (χ1v) is 7.56. The van der Waals surface area contributed by atoms with Crippen molar-refractivity contribution in [2.75, 3.05) is 13.1 Å². The number of amides is 2. The first-order chi connectivity index (χ1) is 8.97. The molecule has 1 N–H and O–H groups in total. The summed E-state index contributed by atoms with van der Waals surface area (Å²) in [4.78, 5) is 25.6. The average Bonchev–Trinajstić information content (AvgIpc) is 2.37. The zero-order valence-corrected chi connectivity index (χ0v) is 12.7. The molecule has 1 rings (SSSR count). The van der Waals surface area contributed by atoms with Crippen LogP contribution in [0, 0.1) is 11.8 Å². The molecule has 4 nitrogen and oxygen atoms in total. The van der Waals surface area contributed by atoms with E-state index in [2.05, 4.69) is 12.2 Å². The molecule has 4 heteroatoms. The Morgan fingerprint density at radius 1 is 1.26 bits per heavy atom. The number of nitrogens with zero attached hydrogens (tertiary/aromatic N) is 1. The molecular formula is C15H28N2O2. The topological polar surface area (TPSA) is 49.4 Å². The summed E-state index contributed by atoms with van der Waals surface area (Å²) in [5.41, 5.74) is 0. The highest BCUT2D eigenvalue weighted by Gasteiger charge is 2.30. The van der Waals surface area contributed by atoms with Gasteiger partial charge in [0.25, 0.3) is 0 Å². The minimum Gasteiger partial charge on any atom is -0.351 e. The van der Waals surface area contributed by atoms with E-state index in [0.717, 1.165) is 25.8 Å². The molecule has 2 amide bonds. The van der Waals surface area contributed by atoms with Gasteiger partial charge >= 0.3 is 0 Å². The molecular weight excluding hydrogens is 240 g/mol. The molecule has 1 heterocycles. The third-order valence-electron chi connectivity index (χ3n) is 3.76. The molecule has 2 unspecified atom stereocenters. The molecule has 0 aromatic heterocycles. The minimum absolute atomic E-state index is 0.00174. The van der Waals surface area contributed by atoms with Gasteiger partial charge in [-0.25, -0.2) is 0 Å². The number of hydrogen-bond acceptors (Lipinski definition) is 2. The highest BCUT2D eigenvalue weighted by molar-refractivity contribution is 5.79. The van der Waals surface area contributed by atoms with E-state index >= 15 is 0 Å². The highest BCUT2D eigenvalue weighted by atomic mass is 16.2. The largest absolute Gasteiger partial charge is 0.351 e. The van der Waals surface area contributed by atoms with Gasteiger partial charge in [-0.05, 0) is 18.8 Å². The molecule has 1 aliphatic rings. The van der Waals surface area contributed by atoms with Gasteiger partial charge in [-0.15, -0.1) is 0 Å². The molecule has 0 bridgehead atoms. The van der Waals surface area contributed by atoms with Crippen LogP contribution < -0.4 is 5.32 Å². The molecule has 0 saturated carbocycles. The zero-order valence-electron chi connectivity index (χ0n) is 12.7. The Kier molecular flexibility index (Phi) is 6.32. The quantitative estimate of drug-likeness (QED) is 0.831. The number of rotatable bonds is 5. The van der Waals surface area contributed by atoms with Gasteiger partial charge < -0.3 is 10.2 Å². The van der Waals surface area contributed by atoms with Crippen LogP contribution in [0.1, 0.15) is 53.4 Å². The second-order valence-corrected chi connectivity index (χ2v) is 5.90. The lowest BCUT2D eigenvalue weighted by Crippen LogP contribution is -2.53. The van der Waals surface area contributed by atoms with Crippen LogP contribution in [0.4, 0.5) is 0 Å². The Bertz CT molecular complexity index is 315. The van der Waals surface area contributed by atoms with E-state index < -0.39 is 0 Å². The second kappa shape index (κ2) is 7.51. The molecule has 19 heavy (non-hydrogen) atoms. The Morgan fingerprint density at radius 3 is 2.47 bits per heavy atom. The molecule has 1 fully saturated rings. The van der Waals surface area contributed by atoms with Crippen LogP contribution in [0.3, 0.4) is 0 Å². The maximum atomic E-state index is 11.9. The number of piperidine rings is 1. The SMILES string of the molecule is CCCC1CC(NC(=O)C(C)C)CN(C(=O)CC)C1. The fourth-order valence-electron chi connectivity index (χ4n) is 2.72. The van der Waals surface area contributed by atoms with Gasteiger partial charge in [-0.2, -0.15) is 0 Å². The smallest absolute Gasteiger partial charge is 0.222 e. The van der Waals surface area contributed by atoms with Gasteiger partial charge in [-0.3, -0.25) is 9.59 Å². The Hall–Kier alpha value is -1.06. The van der Waals surface area contributed by atoms with Crippen molar-refractivity contribution in [3.8, 4) is 0 Å². The summed E-state index contributed by atoms with van der Waals surface area (Å²) in [6, 6.07) is 0.121. The number of nitrogens with one attached hydrogen (secondary N) is 1. The molecule has 0 aromatic carbocycles. The molecule has 0 aliphatic carbocycles. The lowest BCUT2D eigenvalue weighted by Gasteiger charge is -2.38. The minimum atomic E-state index is 0.00174. The van der Waals surface area contributed by atoms with Gasteiger partial charge in [0.2, 0.25) is 11.8 Å². The van der Waals surface area contributed by atoms with Crippen molar-refractivity contribution in [3.05, 3.63) is 0 Å². The van der Waals surface area contributed by atoms with E-state index in [-0.39, 0.29) is 23.8 Å². The summed E-state index contributed by atoms with van der Waals surface area (Å²) < 4.78 is 0. The van der Waals surface area contributed by atoms with E-state index in [1.54, 1.807) is 0 Å². The summed E-state index contributed by atoms with van der Waals surface area (Å²) in [7, 11) is 0. The molecule has 1 saturated heterocycles. The van der Waals surface area contributed by atoms with Gasteiger partial charge in [0.15, 0.2) is 0 Å². The summed E-state index contributed by atoms with van der Waals surface area (Å²) >= 11 is 0. The van der Waals surface area contributed by atoms with Crippen LogP contribution in [0.2, 0.25) is 0 Å². The van der Waals surface area contributed by atoms with Gasteiger partial charge in [0, 0.05) is 31.5 Å². The lowest BCUT2D eigenvalue weighted by molar-refractivity contribution is -0.134. The number of hydrogen-bond donors (Lipinski definition) is 1. The second-order valence-electron chi connectivity index (χ2n) is 5.90. The van der Waals surface area contributed by atoms with Crippen LogP contribution in [0.5, 0.6) is 0 Å². The van der Waals surface area contributed by atoms with E-state index in [1.807, 2.05) is 25.7 Å². The third kappa shape index (κ3) is 4.84. The van der Waals surface area contributed by atoms with E-state index in [4.69, 9.17) is 0 Å². The van der Waals surface area contributed by atoms with Gasteiger partial charge in [-0.1, -0.05) is 34.1 Å². The van der Waals surface area contributed by atoms with Crippen molar-refractivity contribution in [1.29, 1.82) is 0 Å². The van der Waals surface area contributed by atoms with E-state index in [9.17, 15) is 9.59 Å². The Balaban J connectivity index is 2.64. The maximum absolute atomic E-state index is 11.9. The zero-order chi connectivity index (χ0) is 14.4. The fourth-order valence-corrected chi connectivity index (χ4v) is 2.72. The van der Waals surface area contributed by atoms with Crippen LogP contribution in [-0.2, 0) is 9.59 Å². The van der Waals surface area contributed by atoms with Crippen LogP contribution in [0.15, 0.2) is 0 Å². The summed E-state index contributed by atoms with van der Waals surface area (Å²) in [6.07, 6.45) is 3.80. The number of carbonyl (C=O) groups excluding carboxylic acids is 2. The normalized spacial score (nSPS) is 23.5. The van der Waals surface area contributed by atoms with E-state index in [1.165, 1.54) is 0 Å². The molecule has 110 valence electrons. The van der Waals surface area contributed by atoms with Crippen molar-refractivity contribution in [1.82, 2.24) is 10.2 Å². The predicted molar refractivity (Wildman–Crippen MR) is 76.7 cm³/mol. The van der Waals surface area contributed by atoms with Crippen molar-refractivity contribution in [2.45, 2.75) is 59.4 Å². The lowest BCUT2D eigenvalue weighted by atomic mass is 9.90. The molecule has 0 spiro atoms. The molecule has 0 aromatic rings. The van der Waals surface area contributed by atoms with Crippen molar-refractivity contribution in [2.24, 2.45) is 11.8 Å². The number of carbonyl (C=O) groups is 2. The third-order valence-corrected chi connectivity index (χ3v) is 3.76. The van der Waals surface area contributed by atoms with Gasteiger partial charge in [0.05, 0.1) is 0 Å². The standard InChI is InChI=1S/C15H28N2O2/c1-5-7-12-8-13(16-15(19)11(3)4)10-17(9-12)14(18)6-2/h11-13H,5-10H2,1-4H3,(H,16,19). The maximum Gasteiger partial charge on any atom is 0.222 e. The van der Waals surface area contributed by atoms with Crippen molar-refractivity contribution >= 4 is 11.8 Å². The van der Waals surface area contributed by atoms with Crippen LogP contribution in [0.25, 0.3) is 0 Å². The monoisotopic (exact) mass is 268 g/mol. The van der Waals surface area contributed by atoms with Crippen LogP contribution in [-0.4, -0.2) is 35.8 Å². The van der Waals surface area contributed by atoms with Crippen molar-refractivity contribution < 1.29 is 9.59 Å². The predicted octanol–water partition coefficient (Wildman–Crippen LogP) is 2.19. The van der Waals surface area contributed by atoms with Crippen molar-refractivity contribution in [3.63, 3.8) is 0 Å². The first-order valence-electron chi connectivity index (χ1n) is 7.56. The summed E-state index contributed by atoms with van der Waals surface area (Å²) in [5.74, 6) is 0.809. The summed E-state index contributed by atoms with van der Waals surface area (Å²) in [6.45, 7) is 9.39. The highest BCUT2D eigenvalue weighted by Crippen LogP contribution is 2.22. The summed E-state index contributed by atoms with van der Waals surface area (Å²) in [5, 5.41) is 3.08. The van der Waals surface area contributed by atoms with Crippen LogP contribution >= 0.6 is 0 Å². The Labute approximate surface area is 116 Å². The Morgan fingerprint density at radius 2 is 1.95 bits per heavy atom. The molecule has 1 aliphatic heterocycles. The van der Waals surface area contributed by atoms with E-state index in [0.29, 0.717) is 18.9 Å². The molecule has 2 atom stereocenters. The fraction of sp³-hybridized carbons (Fsp3) is 0.867. The average molecular weight is 268 g/mol. The molecule has 0 radical (unpaired) electrons. The van der Waals surface area contributed by atoms with Gasteiger partial charge in [0.1, 0.15) is 0 Å². The first kappa shape index (κ1) is 16.0. The number of likely N-dealkylation sites (tertiary alicyclic amines) is 1.